The Bertz CT molecular complexity index is 387. The average molecular weight is 234 g/mol. The first-order chi connectivity index (χ1) is 8.29. The summed E-state index contributed by atoms with van der Waals surface area (Å²) in [5.74, 6) is 4.83. The van der Waals surface area contributed by atoms with Crippen LogP contribution in [0.5, 0.6) is 0 Å². The van der Waals surface area contributed by atoms with Crippen LogP contribution in [-0.2, 0) is 11.3 Å². The Morgan fingerprint density at radius 3 is 2.88 bits per heavy atom. The van der Waals surface area contributed by atoms with Crippen molar-refractivity contribution in [2.24, 2.45) is 5.84 Å². The molecule has 0 aliphatic heterocycles. The Balaban J connectivity index is 1.93. The summed E-state index contributed by atoms with van der Waals surface area (Å²) in [5.41, 5.74) is 3.71. The molecule has 2 rings (SSSR count). The summed E-state index contributed by atoms with van der Waals surface area (Å²) < 4.78 is 5.79. The van der Waals surface area contributed by atoms with E-state index in [1.165, 1.54) is 12.8 Å². The minimum atomic E-state index is -0.271. The van der Waals surface area contributed by atoms with E-state index in [0.717, 1.165) is 18.4 Å². The number of nitrogen functional groups attached to an aromatic ring is 1. The van der Waals surface area contributed by atoms with Gasteiger partial charge in [-0.1, -0.05) is 25.0 Å². The van der Waals surface area contributed by atoms with Gasteiger partial charge in [-0.2, -0.15) is 0 Å². The third-order valence-electron chi connectivity index (χ3n) is 3.11. The Morgan fingerprint density at radius 1 is 1.41 bits per heavy atom. The molecule has 1 saturated carbocycles. The summed E-state index contributed by atoms with van der Waals surface area (Å²) in [5, 5.41) is 0. The fourth-order valence-corrected chi connectivity index (χ4v) is 2.15. The predicted molar refractivity (Wildman–Crippen MR) is 65.1 cm³/mol. The molecule has 3 N–H and O–H groups in total. The summed E-state index contributed by atoms with van der Waals surface area (Å²) in [4.78, 5) is 11.3. The standard InChI is InChI=1S/C13H18N2O2/c14-15-13(16)11-5-3-4-10(8-11)9-17-12-6-1-2-7-12/h3-5,8,12H,1-2,6-7,9,14H2,(H,15,16). The molecule has 0 heterocycles. The lowest BCUT2D eigenvalue weighted by Gasteiger charge is -2.11. The number of nitrogens with one attached hydrogen (secondary N) is 1. The zero-order valence-corrected chi connectivity index (χ0v) is 9.82. The smallest absolute Gasteiger partial charge is 0.265 e. The van der Waals surface area contributed by atoms with Gasteiger partial charge in [0.25, 0.3) is 5.91 Å². The third-order valence-corrected chi connectivity index (χ3v) is 3.11. The maximum atomic E-state index is 11.3. The van der Waals surface area contributed by atoms with Gasteiger partial charge in [0.1, 0.15) is 0 Å². The highest BCUT2D eigenvalue weighted by molar-refractivity contribution is 5.93. The zero-order valence-electron chi connectivity index (χ0n) is 9.82. The van der Waals surface area contributed by atoms with E-state index >= 15 is 0 Å². The largest absolute Gasteiger partial charge is 0.374 e. The van der Waals surface area contributed by atoms with Gasteiger partial charge in [0, 0.05) is 5.56 Å². The Kier molecular flexibility index (Phi) is 4.12. The van der Waals surface area contributed by atoms with Crippen molar-refractivity contribution in [2.45, 2.75) is 38.4 Å². The first kappa shape index (κ1) is 12.1. The van der Waals surface area contributed by atoms with Crippen LogP contribution in [0.4, 0.5) is 0 Å². The quantitative estimate of drug-likeness (QED) is 0.474. The van der Waals surface area contributed by atoms with E-state index in [0.29, 0.717) is 18.3 Å². The number of hydrogen-bond acceptors (Lipinski definition) is 3. The molecule has 0 atom stereocenters. The number of carbonyl (C=O) groups excluding carboxylic acids is 1. The van der Waals surface area contributed by atoms with Gasteiger partial charge in [-0.15, -0.1) is 0 Å². The van der Waals surface area contributed by atoms with Gasteiger partial charge < -0.3 is 4.74 Å². The van der Waals surface area contributed by atoms with Crippen LogP contribution in [-0.4, -0.2) is 12.0 Å². The molecule has 4 heteroatoms. The van der Waals surface area contributed by atoms with E-state index in [4.69, 9.17) is 10.6 Å². The molecule has 0 saturated heterocycles. The maximum absolute atomic E-state index is 11.3. The van der Waals surface area contributed by atoms with Crippen molar-refractivity contribution in [2.75, 3.05) is 0 Å². The lowest BCUT2D eigenvalue weighted by molar-refractivity contribution is 0.0456. The SMILES string of the molecule is NNC(=O)c1cccc(COC2CCCC2)c1. The lowest BCUT2D eigenvalue weighted by Crippen LogP contribution is -2.30. The minimum Gasteiger partial charge on any atom is -0.374 e. The molecule has 1 amide bonds. The number of benzene rings is 1. The van der Waals surface area contributed by atoms with Crippen LogP contribution in [0.25, 0.3) is 0 Å². The molecule has 0 bridgehead atoms. The van der Waals surface area contributed by atoms with Crippen molar-refractivity contribution in [3.63, 3.8) is 0 Å². The molecule has 4 nitrogen and oxygen atoms in total. The van der Waals surface area contributed by atoms with Gasteiger partial charge in [-0.05, 0) is 30.5 Å². The first-order valence-electron chi connectivity index (χ1n) is 6.01. The van der Waals surface area contributed by atoms with E-state index in [1.54, 1.807) is 6.07 Å². The van der Waals surface area contributed by atoms with Gasteiger partial charge in [0.05, 0.1) is 12.7 Å². The highest BCUT2D eigenvalue weighted by Crippen LogP contribution is 2.22. The molecule has 0 aromatic heterocycles. The van der Waals surface area contributed by atoms with Crippen molar-refractivity contribution in [3.05, 3.63) is 35.4 Å². The van der Waals surface area contributed by atoms with Gasteiger partial charge in [0.2, 0.25) is 0 Å². The first-order valence-corrected chi connectivity index (χ1v) is 6.01. The Labute approximate surface area is 101 Å². The van der Waals surface area contributed by atoms with E-state index in [2.05, 4.69) is 5.43 Å². The second-order valence-corrected chi connectivity index (χ2v) is 4.39. The number of amides is 1. The number of hydrazine groups is 1. The molecule has 17 heavy (non-hydrogen) atoms. The van der Waals surface area contributed by atoms with Crippen LogP contribution in [0.15, 0.2) is 24.3 Å². The topological polar surface area (TPSA) is 64.3 Å². The van der Waals surface area contributed by atoms with Crippen LogP contribution in [0.2, 0.25) is 0 Å². The monoisotopic (exact) mass is 234 g/mol. The summed E-state index contributed by atoms with van der Waals surface area (Å²) in [6.45, 7) is 0.566. The van der Waals surface area contributed by atoms with E-state index < -0.39 is 0 Å². The fraction of sp³-hybridized carbons (Fsp3) is 0.462. The van der Waals surface area contributed by atoms with E-state index in [-0.39, 0.29) is 5.91 Å². The molecule has 1 aromatic carbocycles. The van der Waals surface area contributed by atoms with Crippen molar-refractivity contribution < 1.29 is 9.53 Å². The molecular formula is C13H18N2O2. The van der Waals surface area contributed by atoms with Gasteiger partial charge in [-0.25, -0.2) is 5.84 Å². The Morgan fingerprint density at radius 2 is 2.18 bits per heavy atom. The van der Waals surface area contributed by atoms with Crippen molar-refractivity contribution in [3.8, 4) is 0 Å². The molecule has 92 valence electrons. The number of ether oxygens (including phenoxy) is 1. The molecule has 1 fully saturated rings. The number of rotatable bonds is 4. The van der Waals surface area contributed by atoms with Gasteiger partial charge in [-0.3, -0.25) is 10.2 Å². The number of nitrogens with two attached hydrogens (primary N) is 1. The second kappa shape index (κ2) is 5.80. The van der Waals surface area contributed by atoms with Crippen molar-refractivity contribution in [1.82, 2.24) is 5.43 Å². The molecular weight excluding hydrogens is 216 g/mol. The summed E-state index contributed by atoms with van der Waals surface area (Å²) in [6.07, 6.45) is 5.23. The van der Waals surface area contributed by atoms with Crippen LogP contribution in [0, 0.1) is 0 Å². The fourth-order valence-electron chi connectivity index (χ4n) is 2.15. The van der Waals surface area contributed by atoms with Crippen LogP contribution in [0.3, 0.4) is 0 Å². The van der Waals surface area contributed by atoms with Crippen molar-refractivity contribution >= 4 is 5.91 Å². The second-order valence-electron chi connectivity index (χ2n) is 4.39. The van der Waals surface area contributed by atoms with E-state index in [1.807, 2.05) is 18.2 Å². The zero-order chi connectivity index (χ0) is 12.1. The number of carbonyl (C=O) groups is 1. The maximum Gasteiger partial charge on any atom is 0.265 e. The van der Waals surface area contributed by atoms with Crippen LogP contribution in [0.1, 0.15) is 41.6 Å². The molecule has 1 aliphatic rings. The average Bonchev–Trinajstić information content (AvgIpc) is 2.89. The normalized spacial score (nSPS) is 16.1. The summed E-state index contributed by atoms with van der Waals surface area (Å²) in [6, 6.07) is 7.36. The van der Waals surface area contributed by atoms with Gasteiger partial charge in [0.15, 0.2) is 0 Å². The molecule has 0 radical (unpaired) electrons. The van der Waals surface area contributed by atoms with Crippen molar-refractivity contribution in [1.29, 1.82) is 0 Å². The van der Waals surface area contributed by atoms with Crippen LogP contribution >= 0.6 is 0 Å². The molecule has 0 unspecified atom stereocenters. The number of hydrogen-bond donors (Lipinski definition) is 2. The minimum absolute atomic E-state index is 0.271. The van der Waals surface area contributed by atoms with Gasteiger partial charge >= 0.3 is 0 Å². The summed E-state index contributed by atoms with van der Waals surface area (Å²) in [7, 11) is 0. The summed E-state index contributed by atoms with van der Waals surface area (Å²) >= 11 is 0. The third kappa shape index (κ3) is 3.28. The highest BCUT2D eigenvalue weighted by Gasteiger charge is 2.15. The predicted octanol–water partition coefficient (Wildman–Crippen LogP) is 1.75. The van der Waals surface area contributed by atoms with E-state index in [9.17, 15) is 4.79 Å². The highest BCUT2D eigenvalue weighted by atomic mass is 16.5. The van der Waals surface area contributed by atoms with Crippen LogP contribution < -0.4 is 11.3 Å². The lowest BCUT2D eigenvalue weighted by atomic mass is 10.1. The molecule has 1 aliphatic carbocycles. The molecule has 1 aromatic rings. The Hall–Kier alpha value is -1.39. The molecule has 0 spiro atoms.